The van der Waals surface area contributed by atoms with Crippen LogP contribution in [-0.4, -0.2) is 25.7 Å². The van der Waals surface area contributed by atoms with E-state index in [4.69, 9.17) is 0 Å². The fourth-order valence-electron chi connectivity index (χ4n) is 1.38. The molecule has 94 valence electrons. The fourth-order valence-corrected chi connectivity index (χ4v) is 1.38. The fraction of sp³-hybridized carbons (Fsp3) is 0.200. The van der Waals surface area contributed by atoms with Gasteiger partial charge in [-0.15, -0.1) is 0 Å². The molecule has 0 saturated carbocycles. The maximum atomic E-state index is 12.4. The lowest BCUT2D eigenvalue weighted by molar-refractivity contribution is -0.137. The van der Waals surface area contributed by atoms with E-state index in [0.717, 1.165) is 23.4 Å². The molecular formula is C10H7F3N4O. The summed E-state index contributed by atoms with van der Waals surface area (Å²) in [5.74, 6) is -0.626. The van der Waals surface area contributed by atoms with E-state index in [1.165, 1.54) is 6.92 Å². The summed E-state index contributed by atoms with van der Waals surface area (Å²) in [5.41, 5.74) is -0.853. The quantitative estimate of drug-likeness (QED) is 0.779. The molecule has 0 N–H and O–H groups in total. The first-order valence-electron chi connectivity index (χ1n) is 4.83. The van der Waals surface area contributed by atoms with E-state index in [1.54, 1.807) is 0 Å². The van der Waals surface area contributed by atoms with Gasteiger partial charge in [0.2, 0.25) is 0 Å². The number of hydrogen-bond donors (Lipinski definition) is 0. The van der Waals surface area contributed by atoms with Crippen LogP contribution in [0.4, 0.5) is 13.2 Å². The summed E-state index contributed by atoms with van der Waals surface area (Å²) >= 11 is 0. The monoisotopic (exact) mass is 256 g/mol. The topological polar surface area (TPSA) is 60.7 Å². The summed E-state index contributed by atoms with van der Waals surface area (Å²) < 4.78 is 38.2. The van der Waals surface area contributed by atoms with Gasteiger partial charge in [0.15, 0.2) is 0 Å². The molecule has 2 aromatic heterocycles. The molecule has 8 heteroatoms. The molecule has 0 aliphatic carbocycles. The normalized spacial score (nSPS) is 11.6. The van der Waals surface area contributed by atoms with Crippen LogP contribution < -0.4 is 0 Å². The van der Waals surface area contributed by atoms with Gasteiger partial charge in [-0.2, -0.15) is 23.0 Å². The highest BCUT2D eigenvalue weighted by Gasteiger charge is 2.31. The van der Waals surface area contributed by atoms with Gasteiger partial charge in [0, 0.05) is 6.20 Å². The molecule has 0 spiro atoms. The van der Waals surface area contributed by atoms with Crippen molar-refractivity contribution in [2.45, 2.75) is 13.1 Å². The zero-order valence-electron chi connectivity index (χ0n) is 9.14. The summed E-state index contributed by atoms with van der Waals surface area (Å²) in [4.78, 5) is 18.9. The molecule has 2 heterocycles. The average molecular weight is 256 g/mol. The maximum absolute atomic E-state index is 12.4. The minimum Gasteiger partial charge on any atom is -0.265 e. The van der Waals surface area contributed by atoms with Gasteiger partial charge in [-0.25, -0.2) is 4.98 Å². The molecule has 18 heavy (non-hydrogen) atoms. The Balaban J connectivity index is 2.40. The van der Waals surface area contributed by atoms with Crippen LogP contribution in [0.5, 0.6) is 0 Å². The van der Waals surface area contributed by atoms with Crippen LogP contribution in [0.25, 0.3) is 0 Å². The van der Waals surface area contributed by atoms with Gasteiger partial charge in [-0.1, -0.05) is 0 Å². The molecule has 0 radical (unpaired) electrons. The SMILES string of the molecule is Cc1cc(C(F)(F)F)cnc1C(=O)n1cncn1. The Morgan fingerprint density at radius 3 is 2.61 bits per heavy atom. The number of aryl methyl sites for hydroxylation is 1. The summed E-state index contributed by atoms with van der Waals surface area (Å²) in [6, 6.07) is 0.872. The molecule has 5 nitrogen and oxygen atoms in total. The Morgan fingerprint density at radius 1 is 1.39 bits per heavy atom. The molecule has 0 aromatic carbocycles. The lowest BCUT2D eigenvalue weighted by Crippen LogP contribution is -2.17. The number of alkyl halides is 3. The highest BCUT2D eigenvalue weighted by molar-refractivity contribution is 5.94. The minimum atomic E-state index is -4.48. The lowest BCUT2D eigenvalue weighted by Gasteiger charge is -2.09. The van der Waals surface area contributed by atoms with Crippen molar-refractivity contribution < 1.29 is 18.0 Å². The van der Waals surface area contributed by atoms with Gasteiger partial charge in [-0.05, 0) is 18.6 Å². The Morgan fingerprint density at radius 2 is 2.11 bits per heavy atom. The van der Waals surface area contributed by atoms with Crippen LogP contribution in [-0.2, 0) is 6.18 Å². The van der Waals surface area contributed by atoms with E-state index >= 15 is 0 Å². The molecule has 2 aromatic rings. The first kappa shape index (κ1) is 12.2. The summed E-state index contributed by atoms with van der Waals surface area (Å²) in [5, 5.41) is 3.60. The molecule has 0 aliphatic rings. The molecule has 0 unspecified atom stereocenters. The van der Waals surface area contributed by atoms with E-state index in [-0.39, 0.29) is 11.3 Å². The van der Waals surface area contributed by atoms with Gasteiger partial charge in [0.25, 0.3) is 5.91 Å². The standard InChI is InChI=1S/C10H7F3N4O/c1-6-2-7(10(11,12)13)3-15-8(6)9(18)17-5-14-4-16-17/h2-5H,1H3. The van der Waals surface area contributed by atoms with Crippen molar-refractivity contribution in [2.24, 2.45) is 0 Å². The Bertz CT molecular complexity index is 577. The van der Waals surface area contributed by atoms with Crippen molar-refractivity contribution in [3.8, 4) is 0 Å². The number of aromatic nitrogens is 4. The lowest BCUT2D eigenvalue weighted by atomic mass is 10.1. The van der Waals surface area contributed by atoms with Crippen molar-refractivity contribution >= 4 is 5.91 Å². The Labute approximate surface area is 99.3 Å². The van der Waals surface area contributed by atoms with Gasteiger partial charge < -0.3 is 0 Å². The molecule has 0 amide bonds. The van der Waals surface area contributed by atoms with Crippen LogP contribution in [0.1, 0.15) is 21.6 Å². The van der Waals surface area contributed by atoms with Crippen molar-refractivity contribution in [1.29, 1.82) is 0 Å². The zero-order chi connectivity index (χ0) is 13.3. The third-order valence-electron chi connectivity index (χ3n) is 2.23. The molecule has 0 aliphatic heterocycles. The average Bonchev–Trinajstić information content (AvgIpc) is 2.80. The summed E-state index contributed by atoms with van der Waals surface area (Å²) in [7, 11) is 0. The highest BCUT2D eigenvalue weighted by atomic mass is 19.4. The predicted molar refractivity (Wildman–Crippen MR) is 53.7 cm³/mol. The zero-order valence-corrected chi connectivity index (χ0v) is 9.14. The first-order chi connectivity index (χ1) is 8.39. The Hall–Kier alpha value is -2.25. The van der Waals surface area contributed by atoms with Gasteiger partial charge in [0.05, 0.1) is 5.56 Å². The number of nitrogens with zero attached hydrogens (tertiary/aromatic N) is 4. The number of hydrogen-bond acceptors (Lipinski definition) is 4. The van der Waals surface area contributed by atoms with Crippen LogP contribution in [0.3, 0.4) is 0 Å². The van der Waals surface area contributed by atoms with Crippen molar-refractivity contribution in [3.05, 3.63) is 41.7 Å². The first-order valence-corrected chi connectivity index (χ1v) is 4.83. The second-order valence-corrected chi connectivity index (χ2v) is 3.53. The highest BCUT2D eigenvalue weighted by Crippen LogP contribution is 2.29. The molecule has 2 rings (SSSR count). The van der Waals surface area contributed by atoms with Gasteiger partial charge >= 0.3 is 6.18 Å². The van der Waals surface area contributed by atoms with Crippen LogP contribution in [0, 0.1) is 6.92 Å². The second kappa shape index (κ2) is 4.21. The van der Waals surface area contributed by atoms with E-state index in [0.29, 0.717) is 6.20 Å². The van der Waals surface area contributed by atoms with Crippen LogP contribution >= 0.6 is 0 Å². The van der Waals surface area contributed by atoms with Crippen molar-refractivity contribution in [2.75, 3.05) is 0 Å². The maximum Gasteiger partial charge on any atom is 0.417 e. The number of carbonyl (C=O) groups excluding carboxylic acids is 1. The van der Waals surface area contributed by atoms with Crippen molar-refractivity contribution in [3.63, 3.8) is 0 Å². The number of rotatable bonds is 1. The minimum absolute atomic E-state index is 0.0894. The number of halogens is 3. The summed E-state index contributed by atoms with van der Waals surface area (Å²) in [6.45, 7) is 1.38. The van der Waals surface area contributed by atoms with E-state index in [9.17, 15) is 18.0 Å². The van der Waals surface area contributed by atoms with E-state index in [2.05, 4.69) is 15.1 Å². The van der Waals surface area contributed by atoms with Gasteiger partial charge in [-0.3, -0.25) is 9.78 Å². The molecular weight excluding hydrogens is 249 g/mol. The number of pyridine rings is 1. The van der Waals surface area contributed by atoms with Crippen LogP contribution in [0.15, 0.2) is 24.9 Å². The molecule has 0 atom stereocenters. The predicted octanol–water partition coefficient (Wildman–Crippen LogP) is 1.69. The molecule has 0 bridgehead atoms. The van der Waals surface area contributed by atoms with Gasteiger partial charge in [0.1, 0.15) is 18.3 Å². The summed E-state index contributed by atoms with van der Waals surface area (Å²) in [6.07, 6.45) is -1.55. The number of carbonyl (C=O) groups is 1. The van der Waals surface area contributed by atoms with E-state index < -0.39 is 17.6 Å². The Kier molecular flexibility index (Phi) is 2.85. The molecule has 0 saturated heterocycles. The smallest absolute Gasteiger partial charge is 0.265 e. The second-order valence-electron chi connectivity index (χ2n) is 3.53. The third kappa shape index (κ3) is 2.22. The van der Waals surface area contributed by atoms with E-state index in [1.807, 2.05) is 0 Å². The third-order valence-corrected chi connectivity index (χ3v) is 2.23. The molecule has 0 fully saturated rings. The largest absolute Gasteiger partial charge is 0.417 e. The van der Waals surface area contributed by atoms with Crippen LogP contribution in [0.2, 0.25) is 0 Å². The van der Waals surface area contributed by atoms with Crippen molar-refractivity contribution in [1.82, 2.24) is 19.7 Å².